The van der Waals surface area contributed by atoms with E-state index in [1.165, 1.54) is 63.9 Å². The quantitative estimate of drug-likeness (QED) is 0.213. The van der Waals surface area contributed by atoms with E-state index in [-0.39, 0.29) is 23.7 Å². The zero-order valence-electron chi connectivity index (χ0n) is 21.0. The van der Waals surface area contributed by atoms with E-state index in [9.17, 15) is 9.59 Å². The number of anilines is 1. The number of amides is 1. The van der Waals surface area contributed by atoms with Gasteiger partial charge in [-0.05, 0) is 76.3 Å². The largest absolute Gasteiger partial charge is 0.465 e. The Kier molecular flexibility index (Phi) is 7.83. The van der Waals surface area contributed by atoms with Crippen molar-refractivity contribution in [3.8, 4) is 11.4 Å². The molecule has 5 rings (SSSR count). The van der Waals surface area contributed by atoms with E-state index in [0.717, 1.165) is 61.5 Å². The Labute approximate surface area is 224 Å². The second-order valence-electron chi connectivity index (χ2n) is 9.63. The Morgan fingerprint density at radius 3 is 2.58 bits per heavy atom. The fourth-order valence-electron chi connectivity index (χ4n) is 5.15. The maximum atomic E-state index is 13.0. The maximum absolute atomic E-state index is 13.0. The van der Waals surface area contributed by atoms with Crippen molar-refractivity contribution in [2.45, 2.75) is 82.8 Å². The lowest BCUT2D eigenvalue weighted by Crippen LogP contribution is -2.17. The third kappa shape index (κ3) is 4.99. The van der Waals surface area contributed by atoms with E-state index in [1.807, 2.05) is 11.3 Å². The molecule has 192 valence electrons. The van der Waals surface area contributed by atoms with E-state index < -0.39 is 0 Å². The SMILES string of the molecule is COC(=O)c1c(NC(=O)CSc2nnc(-c3csc4c3CCCC4)n2C(C)C)sc2c1CCCCC2. The molecule has 0 unspecified atom stereocenters. The van der Waals surface area contributed by atoms with E-state index >= 15 is 0 Å². The summed E-state index contributed by atoms with van der Waals surface area (Å²) in [5, 5.41) is 15.6. The molecule has 0 saturated carbocycles. The van der Waals surface area contributed by atoms with Gasteiger partial charge in [0.1, 0.15) is 5.00 Å². The normalized spacial score (nSPS) is 15.3. The van der Waals surface area contributed by atoms with Gasteiger partial charge in [0.15, 0.2) is 11.0 Å². The van der Waals surface area contributed by atoms with Crippen LogP contribution in [0.15, 0.2) is 10.5 Å². The van der Waals surface area contributed by atoms with Crippen LogP contribution in [0.4, 0.5) is 5.00 Å². The van der Waals surface area contributed by atoms with Gasteiger partial charge in [0.2, 0.25) is 5.91 Å². The molecule has 2 aliphatic rings. The van der Waals surface area contributed by atoms with Crippen molar-refractivity contribution < 1.29 is 14.3 Å². The number of esters is 1. The molecule has 0 aromatic carbocycles. The summed E-state index contributed by atoms with van der Waals surface area (Å²) in [6.07, 6.45) is 9.84. The number of hydrogen-bond acceptors (Lipinski definition) is 8. The smallest absolute Gasteiger partial charge is 0.341 e. The van der Waals surface area contributed by atoms with Crippen LogP contribution >= 0.6 is 34.4 Å². The predicted octanol–water partition coefficient (Wildman–Crippen LogP) is 6.31. The number of carbonyl (C=O) groups is 2. The minimum atomic E-state index is -0.374. The monoisotopic (exact) mass is 544 g/mol. The third-order valence-electron chi connectivity index (χ3n) is 6.88. The first-order valence-electron chi connectivity index (χ1n) is 12.7. The Hall–Kier alpha value is -2.17. The molecule has 3 heterocycles. The Bertz CT molecular complexity index is 1270. The highest BCUT2D eigenvalue weighted by molar-refractivity contribution is 7.99. The number of aromatic nitrogens is 3. The molecule has 3 aromatic rings. The van der Waals surface area contributed by atoms with Gasteiger partial charge in [0.05, 0.1) is 18.4 Å². The third-order valence-corrected chi connectivity index (χ3v) is 10.1. The molecule has 1 amide bonds. The van der Waals surface area contributed by atoms with E-state index in [2.05, 4.69) is 39.3 Å². The number of carbonyl (C=O) groups excluding carboxylic acids is 2. The summed E-state index contributed by atoms with van der Waals surface area (Å²) >= 11 is 4.73. The lowest BCUT2D eigenvalue weighted by atomic mass is 9.95. The van der Waals surface area contributed by atoms with E-state index in [4.69, 9.17) is 4.74 Å². The highest BCUT2D eigenvalue weighted by atomic mass is 32.2. The summed E-state index contributed by atoms with van der Waals surface area (Å²) in [4.78, 5) is 28.3. The number of nitrogens with one attached hydrogen (secondary N) is 1. The average molecular weight is 545 g/mol. The molecule has 0 aliphatic heterocycles. The average Bonchev–Trinajstić information content (AvgIpc) is 3.53. The number of rotatable bonds is 7. The van der Waals surface area contributed by atoms with Crippen LogP contribution in [0.3, 0.4) is 0 Å². The summed E-state index contributed by atoms with van der Waals surface area (Å²) in [5.41, 5.74) is 4.20. The van der Waals surface area contributed by atoms with Crippen LogP contribution in [-0.2, 0) is 35.2 Å². The first-order chi connectivity index (χ1) is 17.5. The lowest BCUT2D eigenvalue weighted by molar-refractivity contribution is -0.113. The Morgan fingerprint density at radius 2 is 1.78 bits per heavy atom. The molecule has 0 radical (unpaired) electrons. The highest BCUT2D eigenvalue weighted by Gasteiger charge is 2.27. The van der Waals surface area contributed by atoms with Crippen molar-refractivity contribution in [2.24, 2.45) is 0 Å². The van der Waals surface area contributed by atoms with Gasteiger partial charge in [-0.15, -0.1) is 32.9 Å². The van der Waals surface area contributed by atoms with Crippen molar-refractivity contribution in [3.05, 3.63) is 31.8 Å². The van der Waals surface area contributed by atoms with Crippen molar-refractivity contribution in [1.29, 1.82) is 0 Å². The maximum Gasteiger partial charge on any atom is 0.341 e. The zero-order valence-corrected chi connectivity index (χ0v) is 23.5. The van der Waals surface area contributed by atoms with Crippen LogP contribution in [-0.4, -0.2) is 39.5 Å². The number of fused-ring (bicyclic) bond motifs is 2. The number of methoxy groups -OCH3 is 1. The molecule has 10 heteroatoms. The lowest BCUT2D eigenvalue weighted by Gasteiger charge is -2.16. The molecule has 0 fully saturated rings. The first kappa shape index (κ1) is 25.5. The van der Waals surface area contributed by atoms with Gasteiger partial charge in [-0.3, -0.25) is 9.36 Å². The Balaban J connectivity index is 1.34. The van der Waals surface area contributed by atoms with Gasteiger partial charge >= 0.3 is 5.97 Å². The van der Waals surface area contributed by atoms with Crippen LogP contribution in [0, 0.1) is 0 Å². The summed E-state index contributed by atoms with van der Waals surface area (Å²) in [6, 6.07) is 0.165. The molecular formula is C26H32N4O3S3. The second-order valence-corrected chi connectivity index (χ2v) is 12.6. The van der Waals surface area contributed by atoms with Gasteiger partial charge in [-0.2, -0.15) is 0 Å². The van der Waals surface area contributed by atoms with Crippen molar-refractivity contribution in [3.63, 3.8) is 0 Å². The van der Waals surface area contributed by atoms with Gasteiger partial charge in [-0.25, -0.2) is 4.79 Å². The van der Waals surface area contributed by atoms with Crippen LogP contribution in [0.2, 0.25) is 0 Å². The minimum absolute atomic E-state index is 0.158. The molecule has 0 atom stereocenters. The molecule has 36 heavy (non-hydrogen) atoms. The molecule has 7 nitrogen and oxygen atoms in total. The van der Waals surface area contributed by atoms with Crippen molar-refractivity contribution in [1.82, 2.24) is 14.8 Å². The number of nitrogens with zero attached hydrogens (tertiary/aromatic N) is 3. The van der Waals surface area contributed by atoms with Gasteiger partial charge < -0.3 is 10.1 Å². The van der Waals surface area contributed by atoms with Crippen molar-refractivity contribution >= 4 is 51.3 Å². The molecule has 2 aliphatic carbocycles. The molecule has 1 N–H and O–H groups in total. The fraction of sp³-hybridized carbons (Fsp3) is 0.538. The molecule has 0 saturated heterocycles. The number of hydrogen-bond donors (Lipinski definition) is 1. The standard InChI is InChI=1S/C26H32N4O3S3/c1-15(2)30-23(18-13-34-19-11-8-7-9-16(18)19)28-29-26(30)35-14-21(31)27-24-22(25(32)33-3)17-10-5-4-6-12-20(17)36-24/h13,15H,4-12,14H2,1-3H3,(H,27,31). The zero-order chi connectivity index (χ0) is 25.2. The predicted molar refractivity (Wildman–Crippen MR) is 147 cm³/mol. The number of thiophene rings is 2. The van der Waals surface area contributed by atoms with Gasteiger partial charge in [0, 0.05) is 26.7 Å². The van der Waals surface area contributed by atoms with Gasteiger partial charge in [0.25, 0.3) is 0 Å². The summed E-state index contributed by atoms with van der Waals surface area (Å²) in [6.45, 7) is 4.24. The van der Waals surface area contributed by atoms with Gasteiger partial charge in [-0.1, -0.05) is 18.2 Å². The van der Waals surface area contributed by atoms with Crippen LogP contribution in [0.25, 0.3) is 11.4 Å². The first-order valence-corrected chi connectivity index (χ1v) is 15.4. The summed E-state index contributed by atoms with van der Waals surface area (Å²) < 4.78 is 7.20. The van der Waals surface area contributed by atoms with Crippen LogP contribution in [0.1, 0.15) is 83.2 Å². The van der Waals surface area contributed by atoms with E-state index in [1.54, 1.807) is 0 Å². The molecule has 0 spiro atoms. The number of aryl methyl sites for hydroxylation is 2. The summed E-state index contributed by atoms with van der Waals surface area (Å²) in [5.74, 6) is 0.549. The molecular weight excluding hydrogens is 513 g/mol. The number of ether oxygens (including phenoxy) is 1. The Morgan fingerprint density at radius 1 is 1.06 bits per heavy atom. The van der Waals surface area contributed by atoms with Crippen LogP contribution in [0.5, 0.6) is 0 Å². The molecule has 3 aromatic heterocycles. The van der Waals surface area contributed by atoms with Crippen molar-refractivity contribution in [2.75, 3.05) is 18.2 Å². The highest BCUT2D eigenvalue weighted by Crippen LogP contribution is 2.39. The molecule has 0 bridgehead atoms. The fourth-order valence-corrected chi connectivity index (χ4v) is 8.43. The van der Waals surface area contributed by atoms with Crippen LogP contribution < -0.4 is 5.32 Å². The topological polar surface area (TPSA) is 86.1 Å². The minimum Gasteiger partial charge on any atom is -0.465 e. The van der Waals surface area contributed by atoms with E-state index in [0.29, 0.717) is 10.6 Å². The summed E-state index contributed by atoms with van der Waals surface area (Å²) in [7, 11) is 1.39. The number of thioether (sulfide) groups is 1. The second kappa shape index (κ2) is 11.1.